The zero-order valence-corrected chi connectivity index (χ0v) is 19.0. The van der Waals surface area contributed by atoms with Crippen LogP contribution in [0.3, 0.4) is 0 Å². The lowest BCUT2D eigenvalue weighted by Crippen LogP contribution is -2.31. The van der Waals surface area contributed by atoms with Gasteiger partial charge in [0.1, 0.15) is 17.5 Å². The lowest BCUT2D eigenvalue weighted by atomic mass is 9.85. The van der Waals surface area contributed by atoms with E-state index in [9.17, 15) is 4.79 Å². The Morgan fingerprint density at radius 2 is 1.91 bits per heavy atom. The van der Waals surface area contributed by atoms with Gasteiger partial charge in [-0.3, -0.25) is 4.79 Å². The number of carbonyl (C=O) groups excluding carboxylic acids is 1. The number of nitrogens with zero attached hydrogens (tertiary/aromatic N) is 3. The first-order valence-electron chi connectivity index (χ1n) is 10.2. The van der Waals surface area contributed by atoms with Crippen LogP contribution in [0.4, 0.5) is 5.95 Å². The van der Waals surface area contributed by atoms with Crippen molar-refractivity contribution in [2.24, 2.45) is 0 Å². The molecule has 9 heteroatoms. The fourth-order valence-corrected chi connectivity index (χ4v) is 4.55. The minimum atomic E-state index is -0.497. The van der Waals surface area contributed by atoms with Crippen molar-refractivity contribution in [2.75, 3.05) is 19.5 Å². The third-order valence-electron chi connectivity index (χ3n) is 5.78. The molecule has 0 amide bonds. The molecule has 1 atom stereocenters. The molecule has 0 bridgehead atoms. The van der Waals surface area contributed by atoms with Crippen LogP contribution in [0.25, 0.3) is 11.4 Å². The minimum Gasteiger partial charge on any atom is -0.497 e. The zero-order chi connectivity index (χ0) is 22.4. The van der Waals surface area contributed by atoms with Gasteiger partial charge in [0, 0.05) is 28.8 Å². The number of halogens is 2. The van der Waals surface area contributed by atoms with Gasteiger partial charge in [0.25, 0.3) is 0 Å². The molecule has 3 aromatic rings. The van der Waals surface area contributed by atoms with Crippen LogP contribution in [0.15, 0.2) is 47.7 Å². The van der Waals surface area contributed by atoms with Crippen LogP contribution in [0.1, 0.15) is 30.9 Å². The average Bonchev–Trinajstić information content (AvgIpc) is 3.23. The molecule has 7 nitrogen and oxygen atoms in total. The van der Waals surface area contributed by atoms with E-state index in [1.165, 1.54) is 0 Å². The Hall–Kier alpha value is -3.03. The fraction of sp³-hybridized carbons (Fsp3) is 0.261. The van der Waals surface area contributed by atoms with E-state index in [1.54, 1.807) is 31.0 Å². The molecule has 1 N–H and O–H groups in total. The van der Waals surface area contributed by atoms with Gasteiger partial charge >= 0.3 is 0 Å². The lowest BCUT2D eigenvalue weighted by Gasteiger charge is -2.32. The summed E-state index contributed by atoms with van der Waals surface area (Å²) in [6.45, 7) is 0. The van der Waals surface area contributed by atoms with Crippen LogP contribution in [0.5, 0.6) is 11.5 Å². The lowest BCUT2D eigenvalue weighted by molar-refractivity contribution is -0.116. The molecule has 2 aromatic carbocycles. The Bertz CT molecular complexity index is 1270. The number of methoxy groups -OCH3 is 2. The summed E-state index contributed by atoms with van der Waals surface area (Å²) in [5, 5.41) is 8.97. The smallest absolute Gasteiger partial charge is 0.226 e. The van der Waals surface area contributed by atoms with Crippen LogP contribution in [0, 0.1) is 0 Å². The third-order valence-corrected chi connectivity index (χ3v) is 6.52. The largest absolute Gasteiger partial charge is 0.497 e. The summed E-state index contributed by atoms with van der Waals surface area (Å²) in [6, 6.07) is 10.3. The minimum absolute atomic E-state index is 0.0888. The second-order valence-electron chi connectivity index (χ2n) is 7.64. The maximum absolute atomic E-state index is 13.1. The van der Waals surface area contributed by atoms with Gasteiger partial charge in [0.05, 0.1) is 24.3 Å². The number of fused-ring (bicyclic) bond motifs is 1. The highest BCUT2D eigenvalue weighted by Gasteiger charge is 2.38. The third kappa shape index (κ3) is 3.42. The number of allylic oxidation sites excluding steroid dienone is 2. The number of aromatic nitrogens is 3. The Kier molecular flexibility index (Phi) is 5.31. The molecular formula is C23H20Cl2N4O3. The first-order valence-corrected chi connectivity index (χ1v) is 10.9. The quantitative estimate of drug-likeness (QED) is 0.557. The molecule has 2 aliphatic rings. The van der Waals surface area contributed by atoms with E-state index in [0.29, 0.717) is 45.3 Å². The molecule has 32 heavy (non-hydrogen) atoms. The topological polar surface area (TPSA) is 78.3 Å². The second-order valence-corrected chi connectivity index (χ2v) is 8.45. The highest BCUT2D eigenvalue weighted by molar-refractivity contribution is 6.42. The molecule has 164 valence electrons. The van der Waals surface area contributed by atoms with E-state index in [2.05, 4.69) is 5.32 Å². The molecule has 1 unspecified atom stereocenters. The Labute approximate surface area is 195 Å². The number of ether oxygens (including phenoxy) is 2. The van der Waals surface area contributed by atoms with Crippen LogP contribution in [-0.2, 0) is 4.79 Å². The number of rotatable bonds is 4. The summed E-state index contributed by atoms with van der Waals surface area (Å²) in [5.41, 5.74) is 3.06. The molecular weight excluding hydrogens is 451 g/mol. The maximum Gasteiger partial charge on any atom is 0.226 e. The molecule has 0 spiro atoms. The van der Waals surface area contributed by atoms with E-state index in [4.69, 9.17) is 42.8 Å². The van der Waals surface area contributed by atoms with E-state index < -0.39 is 6.04 Å². The van der Waals surface area contributed by atoms with Crippen LogP contribution in [-0.4, -0.2) is 34.8 Å². The van der Waals surface area contributed by atoms with Crippen molar-refractivity contribution < 1.29 is 14.3 Å². The Morgan fingerprint density at radius 3 is 2.66 bits per heavy atom. The van der Waals surface area contributed by atoms with Crippen LogP contribution in [0.2, 0.25) is 10.0 Å². The summed E-state index contributed by atoms with van der Waals surface area (Å²) >= 11 is 12.3. The Balaban J connectivity index is 1.71. The van der Waals surface area contributed by atoms with Crippen molar-refractivity contribution in [1.82, 2.24) is 14.8 Å². The zero-order valence-electron chi connectivity index (χ0n) is 17.5. The van der Waals surface area contributed by atoms with Crippen molar-refractivity contribution >= 4 is 34.9 Å². The van der Waals surface area contributed by atoms with Crippen molar-refractivity contribution in [1.29, 1.82) is 0 Å². The van der Waals surface area contributed by atoms with E-state index in [1.807, 2.05) is 24.3 Å². The first-order chi connectivity index (χ1) is 15.5. The van der Waals surface area contributed by atoms with Crippen molar-refractivity contribution in [3.63, 3.8) is 0 Å². The maximum atomic E-state index is 13.1. The monoisotopic (exact) mass is 470 g/mol. The molecule has 1 aromatic heterocycles. The van der Waals surface area contributed by atoms with Crippen LogP contribution < -0.4 is 14.8 Å². The van der Waals surface area contributed by atoms with Crippen LogP contribution >= 0.6 is 23.2 Å². The number of benzene rings is 2. The summed E-state index contributed by atoms with van der Waals surface area (Å²) in [6.07, 6.45) is 2.05. The number of nitrogens with one attached hydrogen (secondary N) is 1. The van der Waals surface area contributed by atoms with E-state index in [0.717, 1.165) is 29.7 Å². The SMILES string of the molecule is COc1ccc(OC)c(C2C3=C(CCCC3=O)Nc3nc(-c4ccc(Cl)c(Cl)c4)nn32)c1. The fourth-order valence-electron chi connectivity index (χ4n) is 4.25. The molecule has 0 fully saturated rings. The van der Waals surface area contributed by atoms with E-state index in [-0.39, 0.29) is 5.78 Å². The summed E-state index contributed by atoms with van der Waals surface area (Å²) in [5.74, 6) is 2.42. The van der Waals surface area contributed by atoms with Crippen molar-refractivity contribution in [2.45, 2.75) is 25.3 Å². The predicted molar refractivity (Wildman–Crippen MR) is 123 cm³/mol. The van der Waals surface area contributed by atoms with Gasteiger partial charge in [-0.25, -0.2) is 4.68 Å². The molecule has 5 rings (SSSR count). The molecule has 2 heterocycles. The van der Waals surface area contributed by atoms with Gasteiger partial charge in [-0.1, -0.05) is 23.2 Å². The number of ketones is 1. The summed E-state index contributed by atoms with van der Waals surface area (Å²) in [4.78, 5) is 17.8. The van der Waals surface area contributed by atoms with Gasteiger partial charge in [0.2, 0.25) is 5.95 Å². The first kappa shape index (κ1) is 20.8. The van der Waals surface area contributed by atoms with Gasteiger partial charge in [-0.15, -0.1) is 5.10 Å². The standard InChI is InChI=1S/C23H20Cl2N4O3/c1-31-13-7-9-19(32-2)14(11-13)21-20-17(4-3-5-18(20)30)26-23-27-22(28-29(21)23)12-6-8-15(24)16(25)10-12/h6-11,21H,3-5H2,1-2H3,(H,26,27,28). The summed E-state index contributed by atoms with van der Waals surface area (Å²) < 4.78 is 12.8. The van der Waals surface area contributed by atoms with Gasteiger partial charge in [0.15, 0.2) is 11.6 Å². The Morgan fingerprint density at radius 1 is 1.06 bits per heavy atom. The highest BCUT2D eigenvalue weighted by atomic mass is 35.5. The summed E-state index contributed by atoms with van der Waals surface area (Å²) in [7, 11) is 3.21. The van der Waals surface area contributed by atoms with Gasteiger partial charge in [-0.2, -0.15) is 4.98 Å². The van der Waals surface area contributed by atoms with Gasteiger partial charge < -0.3 is 14.8 Å². The molecule has 1 aliphatic heterocycles. The average molecular weight is 471 g/mol. The molecule has 1 aliphatic carbocycles. The number of Topliss-reactive ketones (excluding diaryl/α,β-unsaturated/α-hetero) is 1. The normalized spacial score (nSPS) is 17.5. The predicted octanol–water partition coefficient (Wildman–Crippen LogP) is 5.29. The number of hydrogen-bond donors (Lipinski definition) is 1. The second kappa shape index (κ2) is 8.15. The number of hydrogen-bond acceptors (Lipinski definition) is 6. The van der Waals surface area contributed by atoms with E-state index >= 15 is 0 Å². The number of anilines is 1. The van der Waals surface area contributed by atoms with Gasteiger partial charge in [-0.05, 0) is 49.2 Å². The highest BCUT2D eigenvalue weighted by Crippen LogP contribution is 2.44. The van der Waals surface area contributed by atoms with Crippen molar-refractivity contribution in [3.8, 4) is 22.9 Å². The number of carbonyl (C=O) groups is 1. The molecule has 0 radical (unpaired) electrons. The molecule has 0 saturated carbocycles. The molecule has 0 saturated heterocycles. The van der Waals surface area contributed by atoms with Crippen molar-refractivity contribution in [3.05, 3.63) is 63.3 Å².